The van der Waals surface area contributed by atoms with Crippen LogP contribution in [0.5, 0.6) is 0 Å². The molecule has 1 N–H and O–H groups in total. The first-order valence-electron chi connectivity index (χ1n) is 5.39. The number of aromatic amines is 1. The molecule has 1 aromatic heterocycles. The molecule has 0 aromatic carbocycles. The van der Waals surface area contributed by atoms with Crippen LogP contribution in [-0.2, 0) is 6.42 Å². The predicted molar refractivity (Wildman–Crippen MR) is 54.6 cm³/mol. The summed E-state index contributed by atoms with van der Waals surface area (Å²) in [6, 6.07) is 0. The number of hydrogen-bond donors (Lipinski definition) is 1. The van der Waals surface area contributed by atoms with E-state index in [2.05, 4.69) is 16.9 Å². The molecule has 14 heavy (non-hydrogen) atoms. The molecule has 1 aliphatic rings. The highest BCUT2D eigenvalue weighted by Crippen LogP contribution is 2.34. The van der Waals surface area contributed by atoms with Crippen LogP contribution < -0.4 is 0 Å². The second kappa shape index (κ2) is 3.95. The molecule has 0 bridgehead atoms. The summed E-state index contributed by atoms with van der Waals surface area (Å²) in [5.41, 5.74) is 2.30. The fraction of sp³-hybridized carbons (Fsp3) is 0.636. The van der Waals surface area contributed by atoms with E-state index in [0.29, 0.717) is 11.7 Å². The van der Waals surface area contributed by atoms with E-state index in [1.165, 1.54) is 25.7 Å². The van der Waals surface area contributed by atoms with Crippen molar-refractivity contribution in [2.24, 2.45) is 0 Å². The lowest BCUT2D eigenvalue weighted by molar-refractivity contribution is 0.111. The fourth-order valence-electron chi connectivity index (χ4n) is 2.31. The van der Waals surface area contributed by atoms with Gasteiger partial charge in [-0.1, -0.05) is 19.8 Å². The summed E-state index contributed by atoms with van der Waals surface area (Å²) >= 11 is 0. The van der Waals surface area contributed by atoms with E-state index in [0.717, 1.165) is 24.1 Å². The number of carbonyl (C=O) groups excluding carboxylic acids is 1. The van der Waals surface area contributed by atoms with Gasteiger partial charge >= 0.3 is 0 Å². The minimum Gasteiger partial charge on any atom is -0.339 e. The number of nitrogens with zero attached hydrogens (tertiary/aromatic N) is 1. The third kappa shape index (κ3) is 1.59. The summed E-state index contributed by atoms with van der Waals surface area (Å²) < 4.78 is 0. The maximum absolute atomic E-state index is 10.6. The number of aldehydes is 1. The Hall–Kier alpha value is -1.12. The average Bonchev–Trinajstić information content (AvgIpc) is 2.85. The van der Waals surface area contributed by atoms with Gasteiger partial charge in [0.15, 0.2) is 12.1 Å². The van der Waals surface area contributed by atoms with Gasteiger partial charge in [-0.3, -0.25) is 4.79 Å². The number of imidazole rings is 1. The van der Waals surface area contributed by atoms with E-state index in [1.54, 1.807) is 0 Å². The lowest BCUT2D eigenvalue weighted by Gasteiger charge is -2.06. The summed E-state index contributed by atoms with van der Waals surface area (Å²) in [6.07, 6.45) is 6.81. The first-order chi connectivity index (χ1) is 6.85. The van der Waals surface area contributed by atoms with Crippen LogP contribution in [0.2, 0.25) is 0 Å². The Morgan fingerprint density at radius 3 is 2.79 bits per heavy atom. The monoisotopic (exact) mass is 192 g/mol. The fourth-order valence-corrected chi connectivity index (χ4v) is 2.31. The summed E-state index contributed by atoms with van der Waals surface area (Å²) in [7, 11) is 0. The van der Waals surface area contributed by atoms with Gasteiger partial charge in [-0.05, 0) is 19.3 Å². The average molecular weight is 192 g/mol. The van der Waals surface area contributed by atoms with E-state index in [9.17, 15) is 4.79 Å². The third-order valence-corrected chi connectivity index (χ3v) is 3.04. The minimum absolute atomic E-state index is 0.490. The van der Waals surface area contributed by atoms with E-state index >= 15 is 0 Å². The highest BCUT2D eigenvalue weighted by Gasteiger charge is 2.22. The third-order valence-electron chi connectivity index (χ3n) is 3.04. The molecule has 1 heterocycles. The Morgan fingerprint density at radius 2 is 2.21 bits per heavy atom. The normalized spacial score (nSPS) is 17.5. The highest BCUT2D eigenvalue weighted by atomic mass is 16.1. The van der Waals surface area contributed by atoms with Gasteiger partial charge in [-0.15, -0.1) is 0 Å². The molecule has 0 spiro atoms. The second-order valence-electron chi connectivity index (χ2n) is 3.94. The molecular weight excluding hydrogens is 176 g/mol. The van der Waals surface area contributed by atoms with Crippen molar-refractivity contribution in [2.75, 3.05) is 0 Å². The molecule has 0 amide bonds. The lowest BCUT2D eigenvalue weighted by atomic mass is 10.0. The van der Waals surface area contributed by atoms with Gasteiger partial charge in [-0.2, -0.15) is 0 Å². The van der Waals surface area contributed by atoms with Crippen LogP contribution in [-0.4, -0.2) is 16.3 Å². The number of H-pyrrole nitrogens is 1. The number of aromatic nitrogens is 2. The zero-order chi connectivity index (χ0) is 9.97. The van der Waals surface area contributed by atoms with Crippen molar-refractivity contribution in [1.82, 2.24) is 9.97 Å². The molecule has 1 fully saturated rings. The first kappa shape index (κ1) is 9.44. The molecule has 0 saturated heterocycles. The second-order valence-corrected chi connectivity index (χ2v) is 3.94. The van der Waals surface area contributed by atoms with Gasteiger partial charge in [0.05, 0.1) is 5.69 Å². The Morgan fingerprint density at radius 1 is 1.50 bits per heavy atom. The molecule has 3 nitrogen and oxygen atoms in total. The first-order valence-corrected chi connectivity index (χ1v) is 5.39. The van der Waals surface area contributed by atoms with Crippen LogP contribution in [0.3, 0.4) is 0 Å². The van der Waals surface area contributed by atoms with Crippen LogP contribution >= 0.6 is 0 Å². The lowest BCUT2D eigenvalue weighted by Crippen LogP contribution is -1.97. The molecule has 0 radical (unpaired) electrons. The summed E-state index contributed by atoms with van der Waals surface area (Å²) in [5, 5.41) is 0. The molecule has 1 aliphatic carbocycles. The van der Waals surface area contributed by atoms with Gasteiger partial charge < -0.3 is 4.98 Å². The van der Waals surface area contributed by atoms with E-state index < -0.39 is 0 Å². The molecular formula is C11H16N2O. The summed E-state index contributed by atoms with van der Waals surface area (Å²) in [4.78, 5) is 18.0. The maximum atomic E-state index is 10.6. The van der Waals surface area contributed by atoms with Crippen molar-refractivity contribution >= 4 is 6.29 Å². The summed E-state index contributed by atoms with van der Waals surface area (Å²) in [5.74, 6) is 1.08. The van der Waals surface area contributed by atoms with Crippen molar-refractivity contribution < 1.29 is 4.79 Å². The standard InChI is InChI=1S/C11H16N2O/c1-2-9-11(8-5-3-4-6-8)13-10(7-14)12-9/h7-8H,2-6H2,1H3,(H,12,13). The van der Waals surface area contributed by atoms with Crippen molar-refractivity contribution in [3.8, 4) is 0 Å². The number of rotatable bonds is 3. The Labute approximate surface area is 83.9 Å². The number of aryl methyl sites for hydroxylation is 1. The quantitative estimate of drug-likeness (QED) is 0.747. The Kier molecular flexibility index (Phi) is 2.66. The molecule has 0 atom stereocenters. The molecule has 3 heteroatoms. The molecule has 0 aliphatic heterocycles. The minimum atomic E-state index is 0.490. The van der Waals surface area contributed by atoms with Gasteiger partial charge in [0.25, 0.3) is 0 Å². The van der Waals surface area contributed by atoms with Crippen LogP contribution in [0.15, 0.2) is 0 Å². The topological polar surface area (TPSA) is 45.8 Å². The van der Waals surface area contributed by atoms with Crippen molar-refractivity contribution in [2.45, 2.75) is 44.9 Å². The van der Waals surface area contributed by atoms with Gasteiger partial charge in [0.2, 0.25) is 0 Å². The van der Waals surface area contributed by atoms with Gasteiger partial charge in [-0.25, -0.2) is 4.98 Å². The molecule has 1 aromatic rings. The van der Waals surface area contributed by atoms with Crippen molar-refractivity contribution in [1.29, 1.82) is 0 Å². The molecule has 1 saturated carbocycles. The van der Waals surface area contributed by atoms with E-state index in [1.807, 2.05) is 0 Å². The van der Waals surface area contributed by atoms with E-state index in [-0.39, 0.29) is 0 Å². The van der Waals surface area contributed by atoms with Crippen LogP contribution in [0.1, 0.15) is 60.5 Å². The van der Waals surface area contributed by atoms with Crippen molar-refractivity contribution in [3.63, 3.8) is 0 Å². The molecule has 0 unspecified atom stereocenters. The van der Waals surface area contributed by atoms with Crippen LogP contribution in [0.25, 0.3) is 0 Å². The largest absolute Gasteiger partial charge is 0.339 e. The molecule has 76 valence electrons. The van der Waals surface area contributed by atoms with Crippen LogP contribution in [0.4, 0.5) is 0 Å². The predicted octanol–water partition coefficient (Wildman–Crippen LogP) is 2.44. The van der Waals surface area contributed by atoms with Gasteiger partial charge in [0, 0.05) is 11.6 Å². The van der Waals surface area contributed by atoms with Gasteiger partial charge in [0.1, 0.15) is 0 Å². The SMILES string of the molecule is CCc1[nH]c(C=O)nc1C1CCCC1. The Balaban J connectivity index is 2.29. The Bertz CT molecular complexity index is 324. The van der Waals surface area contributed by atoms with Crippen molar-refractivity contribution in [3.05, 3.63) is 17.2 Å². The summed E-state index contributed by atoms with van der Waals surface area (Å²) in [6.45, 7) is 2.10. The zero-order valence-corrected chi connectivity index (χ0v) is 8.55. The maximum Gasteiger partial charge on any atom is 0.185 e. The van der Waals surface area contributed by atoms with E-state index in [4.69, 9.17) is 0 Å². The highest BCUT2D eigenvalue weighted by molar-refractivity contribution is 5.69. The zero-order valence-electron chi connectivity index (χ0n) is 8.55. The number of hydrogen-bond acceptors (Lipinski definition) is 2. The van der Waals surface area contributed by atoms with Crippen LogP contribution in [0, 0.1) is 0 Å². The molecule has 2 rings (SSSR count). The number of carbonyl (C=O) groups is 1. The number of nitrogens with one attached hydrogen (secondary N) is 1. The smallest absolute Gasteiger partial charge is 0.185 e.